The summed E-state index contributed by atoms with van der Waals surface area (Å²) in [5.41, 5.74) is 2.39. The number of hydrogen-bond acceptors (Lipinski definition) is 6. The lowest BCUT2D eigenvalue weighted by molar-refractivity contribution is -0.131. The zero-order valence-corrected chi connectivity index (χ0v) is 19.5. The Morgan fingerprint density at radius 2 is 2.09 bits per heavy atom. The average Bonchev–Trinajstić information content (AvgIpc) is 3.50. The van der Waals surface area contributed by atoms with Gasteiger partial charge in [0.2, 0.25) is 5.91 Å². The summed E-state index contributed by atoms with van der Waals surface area (Å²) in [5, 5.41) is 2.96. The van der Waals surface area contributed by atoms with E-state index in [-0.39, 0.29) is 11.9 Å². The van der Waals surface area contributed by atoms with E-state index in [2.05, 4.69) is 44.6 Å². The fourth-order valence-corrected chi connectivity index (χ4v) is 4.59. The molecule has 1 atom stereocenters. The normalized spacial score (nSPS) is 23.5. The molecule has 8 nitrogen and oxygen atoms in total. The Kier molecular flexibility index (Phi) is 10.9. The van der Waals surface area contributed by atoms with Gasteiger partial charge in [-0.05, 0) is 52.5 Å². The molecule has 2 fully saturated rings. The van der Waals surface area contributed by atoms with Crippen LogP contribution in [-0.2, 0) is 14.3 Å². The first-order chi connectivity index (χ1) is 15.6. The fourth-order valence-electron chi connectivity index (χ4n) is 4.59. The second kappa shape index (κ2) is 13.6. The fraction of sp³-hybridized carbons (Fsp3) is 0.583. The summed E-state index contributed by atoms with van der Waals surface area (Å²) >= 11 is 0. The van der Waals surface area contributed by atoms with Crippen LogP contribution in [0, 0.1) is 5.92 Å². The molecule has 1 aliphatic heterocycles. The van der Waals surface area contributed by atoms with E-state index in [0.29, 0.717) is 24.9 Å². The van der Waals surface area contributed by atoms with E-state index in [1.807, 2.05) is 18.1 Å². The van der Waals surface area contributed by atoms with Crippen LogP contribution in [0.4, 0.5) is 0 Å². The molecule has 0 radical (unpaired) electrons. The third-order valence-corrected chi connectivity index (χ3v) is 6.14. The molecule has 1 aromatic rings. The van der Waals surface area contributed by atoms with Gasteiger partial charge in [0.05, 0.1) is 19.7 Å². The number of aliphatic imine (C=N–C) groups is 1. The Balaban J connectivity index is 0.000000837. The lowest BCUT2D eigenvalue weighted by atomic mass is 9.79. The van der Waals surface area contributed by atoms with Crippen LogP contribution in [0.1, 0.15) is 68.9 Å². The number of likely N-dealkylation sites (N-methyl/N-ethyl adjacent to an activating group) is 1. The number of allylic oxidation sites excluding steroid dienone is 3. The lowest BCUT2D eigenvalue weighted by Crippen LogP contribution is -2.37. The Labute approximate surface area is 191 Å². The maximum Gasteiger partial charge on any atom is 0.292 e. The van der Waals surface area contributed by atoms with E-state index in [4.69, 9.17) is 4.79 Å². The van der Waals surface area contributed by atoms with Crippen LogP contribution in [0.25, 0.3) is 0 Å². The van der Waals surface area contributed by atoms with Crippen molar-refractivity contribution < 1.29 is 14.3 Å². The predicted octanol–water partition coefficient (Wildman–Crippen LogP) is 3.52. The van der Waals surface area contributed by atoms with Gasteiger partial charge in [-0.25, -0.2) is 4.98 Å². The van der Waals surface area contributed by atoms with Crippen LogP contribution in [0.5, 0.6) is 0 Å². The molecule has 2 aliphatic rings. The molecule has 176 valence electrons. The predicted molar refractivity (Wildman–Crippen MR) is 126 cm³/mol. The maximum atomic E-state index is 12.3. The number of carbonyl (C=O) groups excluding carboxylic acids is 2. The number of imidazole rings is 1. The van der Waals surface area contributed by atoms with E-state index >= 15 is 0 Å². The third kappa shape index (κ3) is 6.88. The van der Waals surface area contributed by atoms with Crippen molar-refractivity contribution in [2.75, 3.05) is 27.2 Å². The minimum atomic E-state index is 0.0915. The van der Waals surface area contributed by atoms with E-state index in [0.717, 1.165) is 50.9 Å². The van der Waals surface area contributed by atoms with E-state index in [1.54, 1.807) is 12.3 Å². The number of ether oxygens (including phenoxy) is 1. The molecular formula is C24H37N5O3. The molecule has 0 aromatic carbocycles. The summed E-state index contributed by atoms with van der Waals surface area (Å²) in [6.45, 7) is 7.35. The number of hydrogen-bond donors (Lipinski definition) is 2. The maximum absolute atomic E-state index is 12.3. The van der Waals surface area contributed by atoms with Crippen molar-refractivity contribution in [1.82, 2.24) is 20.2 Å². The monoisotopic (exact) mass is 443 g/mol. The highest BCUT2D eigenvalue weighted by molar-refractivity contribution is 5.79. The highest BCUT2D eigenvalue weighted by Crippen LogP contribution is 2.39. The molecule has 0 spiro atoms. The zero-order chi connectivity index (χ0) is 23.3. The van der Waals surface area contributed by atoms with Crippen molar-refractivity contribution in [2.24, 2.45) is 10.9 Å². The Bertz CT molecular complexity index is 793. The molecular weight excluding hydrogens is 406 g/mol. The van der Waals surface area contributed by atoms with Gasteiger partial charge < -0.3 is 19.9 Å². The molecule has 32 heavy (non-hydrogen) atoms. The number of nitrogens with zero attached hydrogens (tertiary/aromatic N) is 3. The molecule has 2 N–H and O–H groups in total. The smallest absolute Gasteiger partial charge is 0.292 e. The molecule has 1 saturated carbocycles. The molecule has 1 amide bonds. The van der Waals surface area contributed by atoms with Gasteiger partial charge in [0.15, 0.2) is 0 Å². The topological polar surface area (TPSA) is 99.7 Å². The summed E-state index contributed by atoms with van der Waals surface area (Å²) < 4.78 is 3.86. The number of methoxy groups -OCH3 is 1. The van der Waals surface area contributed by atoms with Crippen molar-refractivity contribution in [2.45, 2.75) is 57.4 Å². The summed E-state index contributed by atoms with van der Waals surface area (Å²) in [5.74, 6) is 2.15. The molecule has 1 saturated heterocycles. The van der Waals surface area contributed by atoms with Crippen molar-refractivity contribution in [3.63, 3.8) is 0 Å². The van der Waals surface area contributed by atoms with E-state index in [1.165, 1.54) is 18.5 Å². The number of aromatic amines is 1. The quantitative estimate of drug-likeness (QED) is 0.473. The average molecular weight is 444 g/mol. The first kappa shape index (κ1) is 25.5. The molecule has 0 bridgehead atoms. The first-order valence-corrected chi connectivity index (χ1v) is 11.4. The van der Waals surface area contributed by atoms with Crippen molar-refractivity contribution >= 4 is 18.6 Å². The van der Waals surface area contributed by atoms with Crippen molar-refractivity contribution in [3.8, 4) is 0 Å². The molecule has 1 aliphatic carbocycles. The summed E-state index contributed by atoms with van der Waals surface area (Å²) in [6, 6.07) is 0.0915. The molecule has 1 unspecified atom stereocenters. The Hall–Kier alpha value is -2.74. The van der Waals surface area contributed by atoms with Crippen molar-refractivity contribution in [3.05, 3.63) is 42.1 Å². The largest absolute Gasteiger partial charge is 0.471 e. The van der Waals surface area contributed by atoms with Crippen molar-refractivity contribution in [1.29, 1.82) is 0 Å². The van der Waals surface area contributed by atoms with Gasteiger partial charge in [0.25, 0.3) is 6.47 Å². The number of likely N-dealkylation sites (tertiary alicyclic amines) is 1. The second-order valence-electron chi connectivity index (χ2n) is 8.11. The van der Waals surface area contributed by atoms with Crippen LogP contribution < -0.4 is 5.32 Å². The van der Waals surface area contributed by atoms with E-state index < -0.39 is 0 Å². The number of aromatic nitrogens is 2. The molecule has 3 rings (SSSR count). The van der Waals surface area contributed by atoms with Crippen LogP contribution in [0.15, 0.2) is 35.6 Å². The minimum absolute atomic E-state index is 0.0915. The number of carbonyl (C=O) groups is 2. The molecule has 1 aromatic heterocycles. The number of nitrogens with one attached hydrogen (secondary N) is 2. The number of rotatable bonds is 8. The van der Waals surface area contributed by atoms with Gasteiger partial charge in [0, 0.05) is 42.2 Å². The molecule has 8 heteroatoms. The number of H-pyrrole nitrogens is 1. The van der Waals surface area contributed by atoms with Crippen LogP contribution in [-0.4, -0.2) is 60.7 Å². The molecule has 2 heterocycles. The van der Waals surface area contributed by atoms with Gasteiger partial charge in [0.1, 0.15) is 5.82 Å². The van der Waals surface area contributed by atoms with Gasteiger partial charge in [-0.15, -0.1) is 0 Å². The van der Waals surface area contributed by atoms with Crippen LogP contribution in [0.3, 0.4) is 0 Å². The highest BCUT2D eigenvalue weighted by Gasteiger charge is 2.32. The second-order valence-corrected chi connectivity index (χ2v) is 8.11. The first-order valence-electron chi connectivity index (χ1n) is 11.4. The van der Waals surface area contributed by atoms with Gasteiger partial charge in [-0.2, -0.15) is 0 Å². The summed E-state index contributed by atoms with van der Waals surface area (Å²) in [7, 11) is 3.12. The Morgan fingerprint density at radius 3 is 2.69 bits per heavy atom. The van der Waals surface area contributed by atoms with E-state index in [9.17, 15) is 4.79 Å². The van der Waals surface area contributed by atoms with Crippen LogP contribution >= 0.6 is 0 Å². The van der Waals surface area contributed by atoms with Gasteiger partial charge in [-0.3, -0.25) is 14.6 Å². The lowest BCUT2D eigenvalue weighted by Gasteiger charge is -2.28. The third-order valence-electron chi connectivity index (χ3n) is 6.14. The van der Waals surface area contributed by atoms with Gasteiger partial charge >= 0.3 is 0 Å². The SMILES string of the molecule is C=CC=N/C(=C\C)C1CCC(c2cnc(C3CCCN3C(=O)CNC)[nH]2)CC1.COC=O. The summed E-state index contributed by atoms with van der Waals surface area (Å²) in [6.07, 6.45) is 14.2. The summed E-state index contributed by atoms with van der Waals surface area (Å²) in [4.78, 5) is 36.0. The number of amides is 1. The standard InChI is InChI=1S/C22H33N5O.C2H4O2/c1-4-12-24-18(5-2)16-8-10-17(11-9-16)19-14-25-22(26-19)20-7-6-13-27(20)21(28)15-23-3;1-4-2-3/h4-5,12,14,16-17,20,23H,1,6-11,13,15H2,2-3H3,(H,25,26);2H,1H3/b18-5-,24-12?;. The zero-order valence-electron chi connectivity index (χ0n) is 19.5. The minimum Gasteiger partial charge on any atom is -0.471 e. The highest BCUT2D eigenvalue weighted by atomic mass is 16.5. The van der Waals surface area contributed by atoms with Gasteiger partial charge in [-0.1, -0.05) is 18.7 Å². The Morgan fingerprint density at radius 1 is 1.38 bits per heavy atom. The van der Waals surface area contributed by atoms with Crippen LogP contribution in [0.2, 0.25) is 0 Å².